The van der Waals surface area contributed by atoms with Gasteiger partial charge in [-0.1, -0.05) is 24.3 Å². The van der Waals surface area contributed by atoms with Gasteiger partial charge in [-0.15, -0.1) is 10.2 Å². The lowest BCUT2D eigenvalue weighted by atomic mass is 10.2. The summed E-state index contributed by atoms with van der Waals surface area (Å²) in [5.41, 5.74) is -1.18. The van der Waals surface area contributed by atoms with Crippen LogP contribution in [0.2, 0.25) is 0 Å². The van der Waals surface area contributed by atoms with Gasteiger partial charge in [-0.05, 0) is 11.5 Å². The second-order valence-corrected chi connectivity index (χ2v) is 4.48. The Morgan fingerprint density at radius 3 is 2.43 bits per heavy atom. The number of carbonyl (C=O) groups is 2. The van der Waals surface area contributed by atoms with Crippen LogP contribution in [0.4, 0.5) is 11.8 Å². The van der Waals surface area contributed by atoms with Crippen molar-refractivity contribution in [3.05, 3.63) is 47.9 Å². The second-order valence-electron chi connectivity index (χ2n) is 4.48. The van der Waals surface area contributed by atoms with E-state index in [0.717, 1.165) is 10.8 Å². The van der Waals surface area contributed by atoms with Crippen molar-refractivity contribution < 1.29 is 19.8 Å². The first kappa shape index (κ1) is 14.3. The molecule has 0 radical (unpaired) electrons. The van der Waals surface area contributed by atoms with Crippen LogP contribution < -0.4 is 0 Å². The maximum atomic E-state index is 10.9. The monoisotopic (exact) mass is 311 g/mol. The van der Waals surface area contributed by atoms with Crippen LogP contribution in [0.25, 0.3) is 10.8 Å². The first-order chi connectivity index (χ1) is 11.0. The van der Waals surface area contributed by atoms with E-state index in [1.54, 1.807) is 12.3 Å². The molecule has 0 fully saturated rings. The Kier molecular flexibility index (Phi) is 3.51. The van der Waals surface area contributed by atoms with Gasteiger partial charge in [0.15, 0.2) is 17.2 Å². The van der Waals surface area contributed by atoms with Gasteiger partial charge in [-0.3, -0.25) is 0 Å². The predicted octanol–water partition coefficient (Wildman–Crippen LogP) is 2.77. The summed E-state index contributed by atoms with van der Waals surface area (Å²) in [4.78, 5) is 31.8. The van der Waals surface area contributed by atoms with Gasteiger partial charge in [0.2, 0.25) is 5.95 Å². The minimum atomic E-state index is -1.47. The third kappa shape index (κ3) is 2.88. The number of pyridine rings is 1. The molecule has 114 valence electrons. The van der Waals surface area contributed by atoms with Gasteiger partial charge in [0, 0.05) is 11.6 Å². The SMILES string of the molecule is O=C(O)c1nc(N=Nc2cc3ccccc3cn2)[nH]c1C(=O)O. The Bertz CT molecular complexity index is 916. The number of benzene rings is 1. The lowest BCUT2D eigenvalue weighted by Crippen LogP contribution is -2.07. The number of rotatable bonds is 4. The fourth-order valence-electron chi connectivity index (χ4n) is 1.94. The van der Waals surface area contributed by atoms with E-state index in [2.05, 4.69) is 25.2 Å². The second kappa shape index (κ2) is 5.64. The first-order valence-corrected chi connectivity index (χ1v) is 6.38. The summed E-state index contributed by atoms with van der Waals surface area (Å²) in [7, 11) is 0. The van der Waals surface area contributed by atoms with E-state index in [0.29, 0.717) is 0 Å². The number of hydrogen-bond acceptors (Lipinski definition) is 6. The van der Waals surface area contributed by atoms with Crippen molar-refractivity contribution in [3.8, 4) is 0 Å². The smallest absolute Gasteiger partial charge is 0.357 e. The van der Waals surface area contributed by atoms with Crippen molar-refractivity contribution in [3.63, 3.8) is 0 Å². The quantitative estimate of drug-likeness (QED) is 0.632. The lowest BCUT2D eigenvalue weighted by Gasteiger charge is -1.96. The summed E-state index contributed by atoms with van der Waals surface area (Å²) in [5, 5.41) is 27.2. The van der Waals surface area contributed by atoms with Crippen molar-refractivity contribution >= 4 is 34.5 Å². The lowest BCUT2D eigenvalue weighted by molar-refractivity contribution is 0.0644. The van der Waals surface area contributed by atoms with Crippen LogP contribution in [-0.2, 0) is 0 Å². The van der Waals surface area contributed by atoms with Crippen LogP contribution in [0.15, 0.2) is 46.8 Å². The molecule has 1 aromatic carbocycles. The number of hydrogen-bond donors (Lipinski definition) is 3. The minimum Gasteiger partial charge on any atom is -0.477 e. The average Bonchev–Trinajstić information content (AvgIpc) is 2.97. The molecule has 0 aliphatic carbocycles. The van der Waals surface area contributed by atoms with Gasteiger partial charge in [0.25, 0.3) is 0 Å². The molecule has 0 bridgehead atoms. The topological polar surface area (TPSA) is 141 Å². The minimum absolute atomic E-state index is 0.227. The molecule has 3 rings (SSSR count). The average molecular weight is 311 g/mol. The molecule has 0 spiro atoms. The molecule has 0 atom stereocenters. The highest BCUT2D eigenvalue weighted by molar-refractivity contribution is 5.99. The summed E-state index contributed by atoms with van der Waals surface area (Å²) < 4.78 is 0. The normalized spacial score (nSPS) is 11.1. The van der Waals surface area contributed by atoms with Crippen LogP contribution in [0, 0.1) is 0 Å². The van der Waals surface area contributed by atoms with E-state index in [4.69, 9.17) is 10.2 Å². The van der Waals surface area contributed by atoms with Crippen molar-refractivity contribution in [2.24, 2.45) is 10.2 Å². The fraction of sp³-hybridized carbons (Fsp3) is 0. The van der Waals surface area contributed by atoms with Crippen LogP contribution in [0.1, 0.15) is 21.0 Å². The Morgan fingerprint density at radius 1 is 1.04 bits per heavy atom. The molecular formula is C14H9N5O4. The number of fused-ring (bicyclic) bond motifs is 1. The Morgan fingerprint density at radius 2 is 1.78 bits per heavy atom. The highest BCUT2D eigenvalue weighted by atomic mass is 16.4. The maximum absolute atomic E-state index is 10.9. The Hall–Kier alpha value is -3.62. The molecule has 0 saturated carbocycles. The molecule has 0 aliphatic rings. The molecule has 9 nitrogen and oxygen atoms in total. The molecular weight excluding hydrogens is 302 g/mol. The number of nitrogens with one attached hydrogen (secondary N) is 1. The first-order valence-electron chi connectivity index (χ1n) is 6.38. The molecule has 0 saturated heterocycles. The fourth-order valence-corrected chi connectivity index (χ4v) is 1.94. The summed E-state index contributed by atoms with van der Waals surface area (Å²) >= 11 is 0. The number of aromatic carboxylic acids is 2. The molecule has 0 amide bonds. The van der Waals surface area contributed by atoms with Crippen LogP contribution in [-0.4, -0.2) is 37.1 Å². The molecule has 23 heavy (non-hydrogen) atoms. The van der Waals surface area contributed by atoms with Crippen LogP contribution in [0.5, 0.6) is 0 Å². The van der Waals surface area contributed by atoms with Crippen molar-refractivity contribution in [2.45, 2.75) is 0 Å². The molecule has 3 aromatic rings. The van der Waals surface area contributed by atoms with E-state index in [1.807, 2.05) is 24.3 Å². The van der Waals surface area contributed by atoms with Gasteiger partial charge in [-0.25, -0.2) is 19.6 Å². The van der Waals surface area contributed by atoms with E-state index in [1.165, 1.54) is 0 Å². The van der Waals surface area contributed by atoms with Crippen LogP contribution in [0.3, 0.4) is 0 Å². The molecule has 9 heteroatoms. The molecule has 2 heterocycles. The van der Waals surface area contributed by atoms with Crippen LogP contribution >= 0.6 is 0 Å². The van der Waals surface area contributed by atoms with Crippen molar-refractivity contribution in [2.75, 3.05) is 0 Å². The molecule has 3 N–H and O–H groups in total. The van der Waals surface area contributed by atoms with E-state index < -0.39 is 23.3 Å². The zero-order valence-electron chi connectivity index (χ0n) is 11.5. The number of H-pyrrole nitrogens is 1. The zero-order chi connectivity index (χ0) is 16.4. The number of aromatic nitrogens is 3. The predicted molar refractivity (Wildman–Crippen MR) is 78.4 cm³/mol. The van der Waals surface area contributed by atoms with Gasteiger partial charge in [-0.2, -0.15) is 0 Å². The third-order valence-corrected chi connectivity index (χ3v) is 2.97. The Balaban J connectivity index is 1.93. The van der Waals surface area contributed by atoms with Gasteiger partial charge in [0.05, 0.1) is 0 Å². The number of nitrogens with zero attached hydrogens (tertiary/aromatic N) is 4. The van der Waals surface area contributed by atoms with Crippen molar-refractivity contribution in [1.82, 2.24) is 15.0 Å². The number of carboxylic acid groups (broad SMARTS) is 2. The highest BCUT2D eigenvalue weighted by Gasteiger charge is 2.21. The Labute approximate surface area is 128 Å². The number of carboxylic acids is 2. The highest BCUT2D eigenvalue weighted by Crippen LogP contribution is 2.20. The molecule has 0 aliphatic heterocycles. The molecule has 2 aromatic heterocycles. The summed E-state index contributed by atoms with van der Waals surface area (Å²) in [6.07, 6.45) is 1.62. The number of imidazole rings is 1. The van der Waals surface area contributed by atoms with E-state index in [-0.39, 0.29) is 11.8 Å². The largest absolute Gasteiger partial charge is 0.477 e. The summed E-state index contributed by atoms with van der Waals surface area (Å²) in [6.45, 7) is 0. The maximum Gasteiger partial charge on any atom is 0.357 e. The van der Waals surface area contributed by atoms with Gasteiger partial charge < -0.3 is 15.2 Å². The van der Waals surface area contributed by atoms with Crippen molar-refractivity contribution in [1.29, 1.82) is 0 Å². The number of aromatic amines is 1. The van der Waals surface area contributed by atoms with E-state index >= 15 is 0 Å². The third-order valence-electron chi connectivity index (χ3n) is 2.97. The summed E-state index contributed by atoms with van der Waals surface area (Å²) in [6, 6.07) is 9.23. The van der Waals surface area contributed by atoms with Gasteiger partial charge >= 0.3 is 11.9 Å². The zero-order valence-corrected chi connectivity index (χ0v) is 11.5. The standard InChI is InChI=1S/C14H9N5O4/c20-12(21)10-11(13(22)23)17-14(16-10)19-18-9-5-7-3-1-2-4-8(7)6-15-9/h1-6H,(H,16,17)(H,20,21)(H,22,23). The summed E-state index contributed by atoms with van der Waals surface area (Å²) in [5.74, 6) is -2.85. The molecule has 0 unspecified atom stereocenters. The van der Waals surface area contributed by atoms with Gasteiger partial charge in [0.1, 0.15) is 0 Å². The number of azo groups is 1. The van der Waals surface area contributed by atoms with E-state index in [9.17, 15) is 9.59 Å².